The number of aryl methyl sites for hydroxylation is 1. The molecule has 49 heavy (non-hydrogen) atoms. The Morgan fingerprint density at radius 3 is 2.08 bits per heavy atom. The molecule has 1 heterocycles. The number of hydrogen-bond donors (Lipinski definition) is 2. The number of alkyl halides is 3. The number of nitrogens with zero attached hydrogens (tertiary/aromatic N) is 1. The molecule has 5 aromatic rings. The van der Waals surface area contributed by atoms with E-state index in [-0.39, 0.29) is 12.5 Å². The van der Waals surface area contributed by atoms with Crippen molar-refractivity contribution in [3.8, 4) is 28.1 Å². The summed E-state index contributed by atoms with van der Waals surface area (Å²) in [5.41, 5.74) is 5.17. The number of halogens is 4. The van der Waals surface area contributed by atoms with E-state index in [1.54, 1.807) is 42.5 Å². The summed E-state index contributed by atoms with van der Waals surface area (Å²) in [5.74, 6) is -0.563. The minimum atomic E-state index is -4.53. The number of carbonyl (C=O) groups excluding carboxylic acids is 2. The number of amides is 2. The Morgan fingerprint density at radius 2 is 1.45 bits per heavy atom. The lowest BCUT2D eigenvalue weighted by molar-refractivity contribution is -0.141. The molecule has 0 aliphatic heterocycles. The van der Waals surface area contributed by atoms with E-state index in [0.29, 0.717) is 58.1 Å². The Balaban J connectivity index is 1.11. The highest BCUT2D eigenvalue weighted by atomic mass is 35.5. The average Bonchev–Trinajstić information content (AvgIpc) is 3.38. The first-order valence-corrected chi connectivity index (χ1v) is 16.2. The van der Waals surface area contributed by atoms with Crippen molar-refractivity contribution in [1.82, 2.24) is 10.3 Å². The molecule has 250 valence electrons. The molecule has 1 aliphatic carbocycles. The van der Waals surface area contributed by atoms with E-state index < -0.39 is 24.0 Å². The number of ether oxygens (including phenoxy) is 1. The van der Waals surface area contributed by atoms with E-state index in [2.05, 4.69) is 15.6 Å². The zero-order chi connectivity index (χ0) is 34.6. The zero-order valence-electron chi connectivity index (χ0n) is 26.6. The fourth-order valence-electron chi connectivity index (χ4n) is 6.49. The van der Waals surface area contributed by atoms with Crippen LogP contribution < -0.4 is 15.4 Å². The van der Waals surface area contributed by atoms with Gasteiger partial charge in [-0.05, 0) is 83.8 Å². The second-order valence-corrected chi connectivity index (χ2v) is 12.4. The number of unbranched alkanes of at least 4 members (excludes halogenated alkanes) is 1. The Bertz CT molecular complexity index is 1950. The highest BCUT2D eigenvalue weighted by Crippen LogP contribution is 2.51. The molecule has 0 spiro atoms. The number of nitrogens with one attached hydrogen (secondary N) is 2. The van der Waals surface area contributed by atoms with Crippen LogP contribution in [0.3, 0.4) is 0 Å². The van der Waals surface area contributed by atoms with Crippen LogP contribution in [0.15, 0.2) is 109 Å². The first kappa shape index (κ1) is 33.7. The lowest BCUT2D eigenvalue weighted by atomic mass is 9.73. The molecule has 0 atom stereocenters. The summed E-state index contributed by atoms with van der Waals surface area (Å²) < 4.78 is 45.5. The van der Waals surface area contributed by atoms with Crippen LogP contribution >= 0.6 is 11.6 Å². The van der Waals surface area contributed by atoms with Crippen molar-refractivity contribution in [2.24, 2.45) is 0 Å². The molecule has 0 saturated carbocycles. The van der Waals surface area contributed by atoms with Crippen LogP contribution in [-0.4, -0.2) is 36.1 Å². The minimum Gasteiger partial charge on any atom is -0.477 e. The second kappa shape index (κ2) is 14.1. The van der Waals surface area contributed by atoms with Gasteiger partial charge in [0.1, 0.15) is 12.0 Å². The SMILES string of the molecule is Cc1cc(NC(=O)c2ccccc2-c2ccc(Cl)cc2)cnc1OCCCCC1(C(=O)NCC(F)(F)F)c2ccccc2-c2ccccc21. The van der Waals surface area contributed by atoms with Crippen molar-refractivity contribution in [2.75, 3.05) is 18.5 Å². The summed E-state index contributed by atoms with van der Waals surface area (Å²) >= 11 is 6.04. The topological polar surface area (TPSA) is 80.3 Å². The van der Waals surface area contributed by atoms with Crippen LogP contribution in [0.5, 0.6) is 5.88 Å². The molecule has 10 heteroatoms. The van der Waals surface area contributed by atoms with E-state index in [9.17, 15) is 22.8 Å². The minimum absolute atomic E-state index is 0.275. The van der Waals surface area contributed by atoms with Gasteiger partial charge < -0.3 is 15.4 Å². The van der Waals surface area contributed by atoms with E-state index in [0.717, 1.165) is 22.3 Å². The lowest BCUT2D eigenvalue weighted by Gasteiger charge is -2.31. The Morgan fingerprint density at radius 1 is 0.837 bits per heavy atom. The van der Waals surface area contributed by atoms with Gasteiger partial charge in [0, 0.05) is 16.1 Å². The monoisotopic (exact) mass is 683 g/mol. The highest BCUT2D eigenvalue weighted by molar-refractivity contribution is 6.30. The molecular weight excluding hydrogens is 651 g/mol. The average molecular weight is 684 g/mol. The van der Waals surface area contributed by atoms with Crippen LogP contribution in [0.2, 0.25) is 5.02 Å². The van der Waals surface area contributed by atoms with Crippen molar-refractivity contribution in [1.29, 1.82) is 0 Å². The number of rotatable bonds is 11. The number of carbonyl (C=O) groups is 2. The van der Waals surface area contributed by atoms with Gasteiger partial charge in [-0.2, -0.15) is 13.2 Å². The van der Waals surface area contributed by atoms with Crippen LogP contribution in [0.1, 0.15) is 46.3 Å². The zero-order valence-corrected chi connectivity index (χ0v) is 27.4. The Kier molecular flexibility index (Phi) is 9.74. The van der Waals surface area contributed by atoms with Gasteiger partial charge in [-0.3, -0.25) is 9.59 Å². The first-order valence-electron chi connectivity index (χ1n) is 15.9. The van der Waals surface area contributed by atoms with E-state index in [1.165, 1.54) is 6.20 Å². The third-order valence-corrected chi connectivity index (χ3v) is 8.95. The van der Waals surface area contributed by atoms with Crippen LogP contribution in [-0.2, 0) is 10.2 Å². The van der Waals surface area contributed by atoms with Gasteiger partial charge in [0.15, 0.2) is 0 Å². The van der Waals surface area contributed by atoms with Crippen LogP contribution in [0.25, 0.3) is 22.3 Å². The maximum absolute atomic E-state index is 13.7. The third-order valence-electron chi connectivity index (χ3n) is 8.70. The first-order chi connectivity index (χ1) is 23.6. The summed E-state index contributed by atoms with van der Waals surface area (Å²) in [5, 5.41) is 5.69. The summed E-state index contributed by atoms with van der Waals surface area (Å²) in [6.07, 6.45) is -1.68. The van der Waals surface area contributed by atoms with Crippen LogP contribution in [0.4, 0.5) is 18.9 Å². The van der Waals surface area contributed by atoms with Crippen molar-refractivity contribution in [3.63, 3.8) is 0 Å². The standard InChI is InChI=1S/C39H33ClF3N3O3/c1-25-22-28(46-35(47)32-13-3-2-10-29(32)26-16-18-27(40)19-17-26)23-44-36(25)49-21-9-8-20-38(37(48)45-24-39(41,42)43)33-14-6-4-11-30(33)31-12-5-7-15-34(31)38/h2-7,10-19,22-23H,8-9,20-21,24H2,1H3,(H,45,48)(H,46,47). The van der Waals surface area contributed by atoms with Gasteiger partial charge >= 0.3 is 6.18 Å². The quantitative estimate of drug-likeness (QED) is 0.136. The highest BCUT2D eigenvalue weighted by Gasteiger charge is 2.49. The molecule has 1 aromatic heterocycles. The van der Waals surface area contributed by atoms with Gasteiger partial charge in [-0.15, -0.1) is 0 Å². The molecule has 0 radical (unpaired) electrons. The molecule has 0 unspecified atom stereocenters. The van der Waals surface area contributed by atoms with Gasteiger partial charge in [0.05, 0.1) is 18.5 Å². The summed E-state index contributed by atoms with van der Waals surface area (Å²) in [6, 6.07) is 31.1. The maximum atomic E-state index is 13.7. The molecule has 6 rings (SSSR count). The third kappa shape index (κ3) is 7.17. The number of aromatic nitrogens is 1. The molecule has 2 N–H and O–H groups in total. The van der Waals surface area contributed by atoms with Crippen molar-refractivity contribution < 1.29 is 27.5 Å². The number of anilines is 1. The molecule has 0 fully saturated rings. The number of hydrogen-bond acceptors (Lipinski definition) is 4. The number of pyridine rings is 1. The fraction of sp³-hybridized carbons (Fsp3) is 0.205. The van der Waals surface area contributed by atoms with E-state index in [4.69, 9.17) is 16.3 Å². The van der Waals surface area contributed by atoms with E-state index in [1.807, 2.05) is 67.6 Å². The van der Waals surface area contributed by atoms with Gasteiger partial charge in [-0.25, -0.2) is 4.98 Å². The second-order valence-electron chi connectivity index (χ2n) is 12.0. The molecule has 0 bridgehead atoms. The van der Waals surface area contributed by atoms with Crippen molar-refractivity contribution >= 4 is 29.1 Å². The number of fused-ring (bicyclic) bond motifs is 3. The largest absolute Gasteiger partial charge is 0.477 e. The van der Waals surface area contributed by atoms with Crippen LogP contribution in [0, 0.1) is 6.92 Å². The molecular formula is C39H33ClF3N3O3. The van der Waals surface area contributed by atoms with Crippen molar-refractivity contribution in [3.05, 3.63) is 137 Å². The lowest BCUT2D eigenvalue weighted by Crippen LogP contribution is -2.47. The predicted octanol–water partition coefficient (Wildman–Crippen LogP) is 9.16. The summed E-state index contributed by atoms with van der Waals surface area (Å²) in [4.78, 5) is 31.4. The van der Waals surface area contributed by atoms with Gasteiger partial charge in [-0.1, -0.05) is 90.5 Å². The molecule has 0 saturated heterocycles. The fourth-order valence-corrected chi connectivity index (χ4v) is 6.61. The predicted molar refractivity (Wildman–Crippen MR) is 185 cm³/mol. The Hall–Kier alpha value is -5.15. The molecule has 6 nitrogen and oxygen atoms in total. The summed E-state index contributed by atoms with van der Waals surface area (Å²) in [7, 11) is 0. The van der Waals surface area contributed by atoms with E-state index >= 15 is 0 Å². The maximum Gasteiger partial charge on any atom is 0.405 e. The Labute approximate surface area is 287 Å². The van der Waals surface area contributed by atoms with Gasteiger partial charge in [0.2, 0.25) is 11.8 Å². The van der Waals surface area contributed by atoms with Crippen molar-refractivity contribution in [2.45, 2.75) is 37.8 Å². The molecule has 1 aliphatic rings. The number of benzene rings is 4. The summed E-state index contributed by atoms with van der Waals surface area (Å²) in [6.45, 7) is 0.695. The molecule has 4 aromatic carbocycles. The molecule has 2 amide bonds. The smallest absolute Gasteiger partial charge is 0.405 e. The van der Waals surface area contributed by atoms with Gasteiger partial charge in [0.25, 0.3) is 5.91 Å². The normalized spacial score (nSPS) is 12.9.